The lowest BCUT2D eigenvalue weighted by atomic mass is 9.84. The van der Waals surface area contributed by atoms with Crippen LogP contribution >= 0.6 is 0 Å². The van der Waals surface area contributed by atoms with Crippen molar-refractivity contribution < 1.29 is 22.7 Å². The van der Waals surface area contributed by atoms with Gasteiger partial charge in [-0.15, -0.1) is 0 Å². The summed E-state index contributed by atoms with van der Waals surface area (Å²) in [6.45, 7) is 1.75. The fraction of sp³-hybridized carbons (Fsp3) is 0.600. The van der Waals surface area contributed by atoms with E-state index in [2.05, 4.69) is 5.32 Å². The molecule has 0 aliphatic heterocycles. The average molecular weight is 305 g/mol. The van der Waals surface area contributed by atoms with E-state index >= 15 is 0 Å². The summed E-state index contributed by atoms with van der Waals surface area (Å²) in [5.41, 5.74) is 0.491. The Kier molecular flexibility index (Phi) is 4.76. The number of hydrogen-bond donors (Lipinski definition) is 2. The van der Waals surface area contributed by atoms with Gasteiger partial charge in [0.2, 0.25) is 0 Å². The van der Waals surface area contributed by atoms with Crippen molar-refractivity contribution in [3.63, 3.8) is 0 Å². The number of phenolic OH excluding ortho intramolecular Hbond substituents is 1. The van der Waals surface area contributed by atoms with Crippen molar-refractivity contribution in [1.29, 1.82) is 0 Å². The maximum Gasteiger partial charge on any atom is 0.391 e. The SMILES string of the molecule is CC(NC1CCCC(C(F)(F)F)C1)c1ccc(F)cc1O. The van der Waals surface area contributed by atoms with Crippen LogP contribution in [0.3, 0.4) is 0 Å². The molecule has 3 unspecified atom stereocenters. The van der Waals surface area contributed by atoms with Crippen LogP contribution in [0.4, 0.5) is 17.6 Å². The first-order valence-corrected chi connectivity index (χ1v) is 7.08. The van der Waals surface area contributed by atoms with E-state index in [0.717, 1.165) is 6.07 Å². The van der Waals surface area contributed by atoms with Gasteiger partial charge < -0.3 is 10.4 Å². The molecule has 0 aromatic heterocycles. The third kappa shape index (κ3) is 4.09. The smallest absolute Gasteiger partial charge is 0.391 e. The molecule has 1 aromatic rings. The number of hydrogen-bond acceptors (Lipinski definition) is 2. The number of benzene rings is 1. The van der Waals surface area contributed by atoms with E-state index < -0.39 is 17.9 Å². The molecule has 21 heavy (non-hydrogen) atoms. The van der Waals surface area contributed by atoms with Crippen molar-refractivity contribution in [1.82, 2.24) is 5.32 Å². The molecule has 2 nitrogen and oxygen atoms in total. The van der Waals surface area contributed by atoms with Gasteiger partial charge in [0, 0.05) is 23.7 Å². The van der Waals surface area contributed by atoms with Crippen LogP contribution in [-0.2, 0) is 0 Å². The highest BCUT2D eigenvalue weighted by atomic mass is 19.4. The molecule has 0 radical (unpaired) electrons. The quantitative estimate of drug-likeness (QED) is 0.816. The van der Waals surface area contributed by atoms with E-state index in [1.54, 1.807) is 6.92 Å². The van der Waals surface area contributed by atoms with Crippen LogP contribution in [0.5, 0.6) is 5.75 Å². The highest BCUT2D eigenvalue weighted by molar-refractivity contribution is 5.34. The van der Waals surface area contributed by atoms with Crippen LogP contribution in [0, 0.1) is 11.7 Å². The molecule has 1 aliphatic rings. The standard InChI is InChI=1S/C15H19F4NO/c1-9(13-6-5-11(16)8-14(13)21)20-12-4-2-3-10(7-12)15(17,18)19/h5-6,8-10,12,20-21H,2-4,7H2,1H3. The van der Waals surface area contributed by atoms with E-state index in [1.165, 1.54) is 12.1 Å². The molecule has 0 bridgehead atoms. The molecular weight excluding hydrogens is 286 g/mol. The Balaban J connectivity index is 2.00. The maximum atomic E-state index is 12.9. The van der Waals surface area contributed by atoms with Crippen molar-refractivity contribution in [3.8, 4) is 5.75 Å². The van der Waals surface area contributed by atoms with E-state index in [0.29, 0.717) is 18.4 Å². The summed E-state index contributed by atoms with van der Waals surface area (Å²) in [6, 6.07) is 3.11. The topological polar surface area (TPSA) is 32.3 Å². The lowest BCUT2D eigenvalue weighted by Crippen LogP contribution is -2.39. The van der Waals surface area contributed by atoms with Gasteiger partial charge in [0.1, 0.15) is 11.6 Å². The summed E-state index contributed by atoms with van der Waals surface area (Å²) in [5.74, 6) is -1.99. The molecule has 2 N–H and O–H groups in total. The zero-order valence-electron chi connectivity index (χ0n) is 11.8. The van der Waals surface area contributed by atoms with Gasteiger partial charge in [-0.05, 0) is 32.3 Å². The lowest BCUT2D eigenvalue weighted by Gasteiger charge is -2.33. The molecule has 2 rings (SSSR count). The number of nitrogens with one attached hydrogen (secondary N) is 1. The predicted molar refractivity (Wildman–Crippen MR) is 71.4 cm³/mol. The molecule has 1 fully saturated rings. The van der Waals surface area contributed by atoms with Crippen molar-refractivity contribution in [2.45, 2.75) is 50.9 Å². The number of phenols is 1. The number of alkyl halides is 3. The zero-order chi connectivity index (χ0) is 15.6. The summed E-state index contributed by atoms with van der Waals surface area (Å²) in [6.07, 6.45) is -2.71. The average Bonchev–Trinajstić information content (AvgIpc) is 2.37. The van der Waals surface area contributed by atoms with Gasteiger partial charge in [0.15, 0.2) is 0 Å². The van der Waals surface area contributed by atoms with Crippen molar-refractivity contribution in [3.05, 3.63) is 29.6 Å². The minimum Gasteiger partial charge on any atom is -0.508 e. The Morgan fingerprint density at radius 1 is 1.29 bits per heavy atom. The van der Waals surface area contributed by atoms with Gasteiger partial charge in [-0.1, -0.05) is 12.5 Å². The second-order valence-corrected chi connectivity index (χ2v) is 5.69. The molecule has 0 amide bonds. The van der Waals surface area contributed by atoms with Crippen LogP contribution in [-0.4, -0.2) is 17.3 Å². The van der Waals surface area contributed by atoms with E-state index in [-0.39, 0.29) is 30.7 Å². The van der Waals surface area contributed by atoms with Crippen molar-refractivity contribution >= 4 is 0 Å². The first-order valence-electron chi connectivity index (χ1n) is 7.08. The van der Waals surface area contributed by atoms with E-state index in [9.17, 15) is 22.7 Å². The van der Waals surface area contributed by atoms with Crippen LogP contribution in [0.1, 0.15) is 44.2 Å². The van der Waals surface area contributed by atoms with Gasteiger partial charge in [0.05, 0.1) is 5.92 Å². The van der Waals surface area contributed by atoms with Crippen LogP contribution in [0.25, 0.3) is 0 Å². The second-order valence-electron chi connectivity index (χ2n) is 5.69. The largest absolute Gasteiger partial charge is 0.508 e. The third-order valence-electron chi connectivity index (χ3n) is 4.08. The third-order valence-corrected chi connectivity index (χ3v) is 4.08. The van der Waals surface area contributed by atoms with Crippen LogP contribution < -0.4 is 5.32 Å². The fourth-order valence-corrected chi connectivity index (χ4v) is 2.96. The summed E-state index contributed by atoms with van der Waals surface area (Å²) in [4.78, 5) is 0. The zero-order valence-corrected chi connectivity index (χ0v) is 11.8. The minimum absolute atomic E-state index is 0.0514. The molecule has 0 spiro atoms. The summed E-state index contributed by atoms with van der Waals surface area (Å²) < 4.78 is 51.3. The van der Waals surface area contributed by atoms with Gasteiger partial charge in [-0.2, -0.15) is 13.2 Å². The summed E-state index contributed by atoms with van der Waals surface area (Å²) in [5, 5.41) is 12.8. The normalized spacial score (nSPS) is 24.8. The highest BCUT2D eigenvalue weighted by Gasteiger charge is 2.42. The monoisotopic (exact) mass is 305 g/mol. The molecule has 1 aliphatic carbocycles. The van der Waals surface area contributed by atoms with Crippen LogP contribution in [0.15, 0.2) is 18.2 Å². The van der Waals surface area contributed by atoms with Gasteiger partial charge >= 0.3 is 6.18 Å². The molecule has 0 saturated heterocycles. The van der Waals surface area contributed by atoms with Crippen molar-refractivity contribution in [2.24, 2.45) is 5.92 Å². The van der Waals surface area contributed by atoms with Crippen molar-refractivity contribution in [2.75, 3.05) is 0 Å². The van der Waals surface area contributed by atoms with Crippen LogP contribution in [0.2, 0.25) is 0 Å². The van der Waals surface area contributed by atoms with Gasteiger partial charge in [-0.3, -0.25) is 0 Å². The molecule has 0 heterocycles. The molecule has 1 aromatic carbocycles. The van der Waals surface area contributed by atoms with Gasteiger partial charge in [-0.25, -0.2) is 4.39 Å². The van der Waals surface area contributed by atoms with E-state index in [4.69, 9.17) is 0 Å². The first kappa shape index (κ1) is 16.1. The van der Waals surface area contributed by atoms with E-state index in [1.807, 2.05) is 0 Å². The summed E-state index contributed by atoms with van der Waals surface area (Å²) in [7, 11) is 0. The maximum absolute atomic E-state index is 12.9. The lowest BCUT2D eigenvalue weighted by molar-refractivity contribution is -0.183. The Labute approximate surface area is 121 Å². The Morgan fingerprint density at radius 2 is 2.00 bits per heavy atom. The molecule has 6 heteroatoms. The Hall–Kier alpha value is -1.30. The molecule has 1 saturated carbocycles. The highest BCUT2D eigenvalue weighted by Crippen LogP contribution is 2.38. The molecule has 3 atom stereocenters. The summed E-state index contributed by atoms with van der Waals surface area (Å²) >= 11 is 0. The van der Waals surface area contributed by atoms with Gasteiger partial charge in [0.25, 0.3) is 0 Å². The predicted octanol–water partition coefficient (Wildman–Crippen LogP) is 4.30. The Morgan fingerprint density at radius 3 is 2.62 bits per heavy atom. The Bertz CT molecular complexity index is 489. The molecule has 118 valence electrons. The second kappa shape index (κ2) is 6.22. The fourth-order valence-electron chi connectivity index (χ4n) is 2.96. The minimum atomic E-state index is -4.15. The number of rotatable bonds is 3. The number of halogens is 4. The number of aromatic hydroxyl groups is 1. The first-order chi connectivity index (χ1) is 9.77. The molecular formula is C15H19F4NO.